The van der Waals surface area contributed by atoms with Crippen LogP contribution in [-0.4, -0.2) is 49.0 Å². The molecule has 11 heteroatoms. The number of nitrogens with one attached hydrogen (secondary N) is 3. The van der Waals surface area contributed by atoms with Crippen LogP contribution in [0.15, 0.2) is 64.9 Å². The Balaban J connectivity index is 1.41. The van der Waals surface area contributed by atoms with E-state index in [1.54, 1.807) is 38.3 Å². The van der Waals surface area contributed by atoms with E-state index in [-0.39, 0.29) is 18.8 Å². The quantitative estimate of drug-likeness (QED) is 0.173. The normalized spacial score (nSPS) is 14.7. The molecule has 3 N–H and O–H groups in total. The third-order valence-corrected chi connectivity index (χ3v) is 7.11. The lowest BCUT2D eigenvalue weighted by molar-refractivity contribution is -0.139. The van der Waals surface area contributed by atoms with Gasteiger partial charge in [-0.2, -0.15) is 5.10 Å². The summed E-state index contributed by atoms with van der Waals surface area (Å²) in [5.41, 5.74) is 9.03. The third kappa shape index (κ3) is 7.06. The molecule has 1 aromatic heterocycles. The summed E-state index contributed by atoms with van der Waals surface area (Å²) in [5, 5.41) is 9.47. The number of hydrazone groups is 1. The Kier molecular flexibility index (Phi) is 9.87. The Bertz CT molecular complexity index is 1570. The molecular formula is C32H37N5O6. The van der Waals surface area contributed by atoms with Crippen molar-refractivity contribution >= 4 is 24.1 Å². The molecule has 11 nitrogen and oxygen atoms in total. The fraction of sp³-hybridized carbons (Fsp3) is 0.312. The van der Waals surface area contributed by atoms with Crippen molar-refractivity contribution in [2.75, 3.05) is 20.3 Å². The van der Waals surface area contributed by atoms with Gasteiger partial charge in [0.05, 0.1) is 31.5 Å². The monoisotopic (exact) mass is 587 g/mol. The first-order valence-corrected chi connectivity index (χ1v) is 14.0. The van der Waals surface area contributed by atoms with E-state index < -0.39 is 23.9 Å². The van der Waals surface area contributed by atoms with Gasteiger partial charge in [-0.25, -0.2) is 15.0 Å². The number of aromatic nitrogens is 1. The van der Waals surface area contributed by atoms with Gasteiger partial charge in [-0.3, -0.25) is 4.79 Å². The van der Waals surface area contributed by atoms with Gasteiger partial charge in [-0.1, -0.05) is 25.1 Å². The van der Waals surface area contributed by atoms with Crippen LogP contribution in [-0.2, 0) is 20.7 Å². The van der Waals surface area contributed by atoms with Gasteiger partial charge in [-0.15, -0.1) is 0 Å². The highest BCUT2D eigenvalue weighted by Gasteiger charge is 2.32. The van der Waals surface area contributed by atoms with E-state index in [1.165, 1.54) is 12.7 Å². The Morgan fingerprint density at radius 3 is 2.47 bits per heavy atom. The van der Waals surface area contributed by atoms with Gasteiger partial charge in [0, 0.05) is 28.3 Å². The number of nitrogens with zero attached hydrogens (tertiary/aromatic N) is 2. The first-order valence-electron chi connectivity index (χ1n) is 14.0. The van der Waals surface area contributed by atoms with Gasteiger partial charge < -0.3 is 29.4 Å². The topological polar surface area (TPSA) is 132 Å². The van der Waals surface area contributed by atoms with Crippen LogP contribution in [0.25, 0.3) is 5.69 Å². The second-order valence-electron chi connectivity index (χ2n) is 9.96. The standard InChI is InChI=1S/C32H37N5O6/c1-7-22-9-12-25(13-10-22)37-19(3)15-24(21(37)5)17-33-36-28(38)18-43-26-14-11-23(16-27(26)41-6)30-29(31(39)42-8-2)20(4)34-32(40)35-30/h9-17,30H,7-8,18H2,1-6H3,(H,36,38)(H2,34,35,40)/b33-17-/t30-/m0/s1. The molecule has 1 aliphatic rings. The number of carbonyl (C=O) groups excluding carboxylic acids is 3. The molecule has 0 saturated heterocycles. The Morgan fingerprint density at radius 1 is 1.05 bits per heavy atom. The number of urea groups is 1. The van der Waals surface area contributed by atoms with Crippen molar-refractivity contribution < 1.29 is 28.6 Å². The van der Waals surface area contributed by atoms with Crippen LogP contribution >= 0.6 is 0 Å². The molecule has 3 amide bonds. The Labute approximate surface area is 250 Å². The lowest BCUT2D eigenvalue weighted by Gasteiger charge is -2.28. The average Bonchev–Trinajstić information content (AvgIpc) is 3.27. The maximum absolute atomic E-state index is 12.6. The number of aryl methyl sites for hydroxylation is 2. The molecule has 0 radical (unpaired) electrons. The van der Waals surface area contributed by atoms with Crippen molar-refractivity contribution in [3.63, 3.8) is 0 Å². The van der Waals surface area contributed by atoms with E-state index in [4.69, 9.17) is 14.2 Å². The summed E-state index contributed by atoms with van der Waals surface area (Å²) < 4.78 is 18.5. The van der Waals surface area contributed by atoms with Gasteiger partial charge in [0.1, 0.15) is 0 Å². The molecule has 0 spiro atoms. The number of rotatable bonds is 11. The molecule has 1 atom stereocenters. The van der Waals surface area contributed by atoms with E-state index >= 15 is 0 Å². The highest BCUT2D eigenvalue weighted by atomic mass is 16.5. The number of carbonyl (C=O) groups is 3. The van der Waals surface area contributed by atoms with Crippen molar-refractivity contribution in [2.45, 2.75) is 47.1 Å². The maximum atomic E-state index is 12.6. The minimum absolute atomic E-state index is 0.192. The first-order chi connectivity index (χ1) is 20.7. The van der Waals surface area contributed by atoms with Gasteiger partial charge in [0.25, 0.3) is 5.91 Å². The zero-order valence-corrected chi connectivity index (χ0v) is 25.2. The van der Waals surface area contributed by atoms with Crippen molar-refractivity contribution in [1.82, 2.24) is 20.6 Å². The van der Waals surface area contributed by atoms with Crippen LogP contribution in [0.1, 0.15) is 54.9 Å². The van der Waals surface area contributed by atoms with Crippen LogP contribution in [0.4, 0.5) is 4.79 Å². The van der Waals surface area contributed by atoms with Gasteiger partial charge >= 0.3 is 12.0 Å². The lowest BCUT2D eigenvalue weighted by Crippen LogP contribution is -2.45. The first kappa shape index (κ1) is 30.9. The summed E-state index contributed by atoms with van der Waals surface area (Å²) >= 11 is 0. The number of benzene rings is 2. The number of hydrogen-bond acceptors (Lipinski definition) is 7. The molecule has 1 aliphatic heterocycles. The molecule has 43 heavy (non-hydrogen) atoms. The summed E-state index contributed by atoms with van der Waals surface area (Å²) in [4.78, 5) is 37.3. The van der Waals surface area contributed by atoms with E-state index in [0.717, 1.165) is 29.1 Å². The number of allylic oxidation sites excluding steroid dienone is 1. The Morgan fingerprint density at radius 2 is 1.79 bits per heavy atom. The van der Waals surface area contributed by atoms with Crippen LogP contribution < -0.4 is 25.5 Å². The second-order valence-corrected chi connectivity index (χ2v) is 9.96. The van der Waals surface area contributed by atoms with E-state index in [1.807, 2.05) is 19.9 Å². The molecule has 226 valence electrons. The van der Waals surface area contributed by atoms with E-state index in [2.05, 4.69) is 56.9 Å². The fourth-order valence-corrected chi connectivity index (χ4v) is 4.95. The highest BCUT2D eigenvalue weighted by Crippen LogP contribution is 2.34. The number of methoxy groups -OCH3 is 1. The smallest absolute Gasteiger partial charge is 0.338 e. The molecular weight excluding hydrogens is 550 g/mol. The molecule has 0 aliphatic carbocycles. The molecule has 0 saturated carbocycles. The molecule has 2 heterocycles. The van der Waals surface area contributed by atoms with Crippen molar-refractivity contribution in [3.8, 4) is 17.2 Å². The summed E-state index contributed by atoms with van der Waals surface area (Å²) in [6.07, 6.45) is 2.59. The van der Waals surface area contributed by atoms with Gasteiger partial charge in [0.15, 0.2) is 18.1 Å². The number of hydrogen-bond donors (Lipinski definition) is 3. The summed E-state index contributed by atoms with van der Waals surface area (Å²) in [6, 6.07) is 14.2. The highest BCUT2D eigenvalue weighted by molar-refractivity contribution is 5.95. The number of esters is 1. The molecule has 0 unspecified atom stereocenters. The molecule has 2 aromatic carbocycles. The maximum Gasteiger partial charge on any atom is 0.338 e. The summed E-state index contributed by atoms with van der Waals surface area (Å²) in [6.45, 7) is 9.38. The second kappa shape index (κ2) is 13.7. The molecule has 4 rings (SSSR count). The summed E-state index contributed by atoms with van der Waals surface area (Å²) in [5.74, 6) is -0.370. The van der Waals surface area contributed by atoms with Gasteiger partial charge in [0.2, 0.25) is 0 Å². The zero-order valence-electron chi connectivity index (χ0n) is 25.2. The predicted octanol–water partition coefficient (Wildman–Crippen LogP) is 4.39. The van der Waals surface area contributed by atoms with Gasteiger partial charge in [-0.05, 0) is 75.6 Å². The number of amides is 3. The van der Waals surface area contributed by atoms with Crippen LogP contribution in [0.5, 0.6) is 11.5 Å². The van der Waals surface area contributed by atoms with Crippen LogP contribution in [0, 0.1) is 13.8 Å². The number of ether oxygens (including phenoxy) is 3. The minimum atomic E-state index is -0.758. The SMILES string of the molecule is CCOC(=O)C1=C(C)NC(=O)N[C@H]1c1ccc(OCC(=O)N/N=C\c2cc(C)n(-c3ccc(CC)cc3)c2C)c(OC)c1. The third-order valence-electron chi connectivity index (χ3n) is 7.11. The summed E-state index contributed by atoms with van der Waals surface area (Å²) in [7, 11) is 1.46. The Hall–Kier alpha value is -5.06. The minimum Gasteiger partial charge on any atom is -0.493 e. The molecule has 0 fully saturated rings. The zero-order chi connectivity index (χ0) is 31.1. The average molecular weight is 588 g/mol. The van der Waals surface area contributed by atoms with Crippen LogP contribution in [0.3, 0.4) is 0 Å². The van der Waals surface area contributed by atoms with Crippen molar-refractivity contribution in [1.29, 1.82) is 0 Å². The van der Waals surface area contributed by atoms with Crippen molar-refractivity contribution in [2.24, 2.45) is 5.10 Å². The molecule has 0 bridgehead atoms. The predicted molar refractivity (Wildman–Crippen MR) is 163 cm³/mol. The largest absolute Gasteiger partial charge is 0.493 e. The van der Waals surface area contributed by atoms with E-state index in [0.29, 0.717) is 22.8 Å². The van der Waals surface area contributed by atoms with Crippen LogP contribution in [0.2, 0.25) is 0 Å². The lowest BCUT2D eigenvalue weighted by atomic mass is 9.95. The molecule has 3 aromatic rings. The van der Waals surface area contributed by atoms with E-state index in [9.17, 15) is 14.4 Å². The van der Waals surface area contributed by atoms with Crippen molar-refractivity contribution in [3.05, 3.63) is 87.9 Å². The fourth-order valence-electron chi connectivity index (χ4n) is 4.95.